The zero-order valence-electron chi connectivity index (χ0n) is 16.5. The highest BCUT2D eigenvalue weighted by Crippen LogP contribution is 2.29. The van der Waals surface area contributed by atoms with Crippen LogP contribution in [0, 0.1) is 0 Å². The first kappa shape index (κ1) is 25.2. The van der Waals surface area contributed by atoms with E-state index in [4.69, 9.17) is 4.74 Å². The maximum absolute atomic E-state index is 12.5. The normalized spacial score (nSPS) is 16.9. The second-order valence-corrected chi connectivity index (χ2v) is 6.32. The maximum Gasteiger partial charge on any atom is 0.417 e. The number of hydrogen-bond donors (Lipinski definition) is 2. The predicted molar refractivity (Wildman–Crippen MR) is 115 cm³/mol. The number of ether oxygens (including phenoxy) is 1. The van der Waals surface area contributed by atoms with Gasteiger partial charge in [-0.25, -0.2) is 9.98 Å². The first-order valence-corrected chi connectivity index (χ1v) is 9.32. The van der Waals surface area contributed by atoms with Crippen molar-refractivity contribution in [3.05, 3.63) is 23.9 Å². The maximum atomic E-state index is 12.5. The van der Waals surface area contributed by atoms with Gasteiger partial charge in [-0.1, -0.05) is 6.92 Å². The summed E-state index contributed by atoms with van der Waals surface area (Å²) in [6.45, 7) is 6.33. The topological polar surface area (TPSA) is 78.9 Å². The Bertz CT molecular complexity index is 670. The third kappa shape index (κ3) is 8.23. The lowest BCUT2D eigenvalue weighted by Gasteiger charge is -2.18. The Balaban J connectivity index is 0.00000420. The average Bonchev–Trinajstić information content (AvgIpc) is 3.13. The SMILES string of the molecule is CCNC(=NCCOc1ccc(C(F)(F)F)cn1)NC1CCN(C(=O)CC)C1.I. The molecule has 0 bridgehead atoms. The van der Waals surface area contributed by atoms with E-state index in [1.807, 2.05) is 18.7 Å². The van der Waals surface area contributed by atoms with Crippen molar-refractivity contribution in [1.82, 2.24) is 20.5 Å². The zero-order chi connectivity index (χ0) is 20.6. The molecule has 1 aliphatic heterocycles. The van der Waals surface area contributed by atoms with Gasteiger partial charge in [-0.3, -0.25) is 4.79 Å². The van der Waals surface area contributed by atoms with Crippen LogP contribution in [0.25, 0.3) is 0 Å². The number of aromatic nitrogens is 1. The minimum atomic E-state index is -4.42. The van der Waals surface area contributed by atoms with Gasteiger partial charge < -0.3 is 20.3 Å². The van der Waals surface area contributed by atoms with Crippen molar-refractivity contribution in [2.75, 3.05) is 32.8 Å². The average molecular weight is 529 g/mol. The van der Waals surface area contributed by atoms with E-state index < -0.39 is 11.7 Å². The monoisotopic (exact) mass is 529 g/mol. The van der Waals surface area contributed by atoms with E-state index in [9.17, 15) is 18.0 Å². The van der Waals surface area contributed by atoms with E-state index in [-0.39, 0.29) is 48.4 Å². The van der Waals surface area contributed by atoms with Gasteiger partial charge in [0.2, 0.25) is 11.8 Å². The summed E-state index contributed by atoms with van der Waals surface area (Å²) in [7, 11) is 0. The van der Waals surface area contributed by atoms with Crippen LogP contribution >= 0.6 is 24.0 Å². The zero-order valence-corrected chi connectivity index (χ0v) is 18.8. The molecule has 29 heavy (non-hydrogen) atoms. The molecule has 0 spiro atoms. The first-order chi connectivity index (χ1) is 13.3. The second kappa shape index (κ2) is 12.0. The standard InChI is InChI=1S/C18H26F3N5O2.HI/c1-3-16(27)26-9-7-14(12-26)25-17(22-4-2)23-8-10-28-15-6-5-13(11-24-15)18(19,20)21;/h5-6,11,14H,3-4,7-10,12H2,1-2H3,(H2,22,23,25);1H. The quantitative estimate of drug-likeness (QED) is 0.246. The molecule has 1 fully saturated rings. The van der Waals surface area contributed by atoms with E-state index >= 15 is 0 Å². The number of nitrogens with zero attached hydrogens (tertiary/aromatic N) is 3. The molecule has 2 N–H and O–H groups in total. The molecule has 1 atom stereocenters. The van der Waals surface area contributed by atoms with Crippen LogP contribution in [0.5, 0.6) is 5.88 Å². The molecule has 11 heteroatoms. The summed E-state index contributed by atoms with van der Waals surface area (Å²) in [5.41, 5.74) is -0.816. The molecule has 1 unspecified atom stereocenters. The van der Waals surface area contributed by atoms with Crippen molar-refractivity contribution in [2.45, 2.75) is 38.9 Å². The molecule has 0 saturated carbocycles. The predicted octanol–water partition coefficient (Wildman–Crippen LogP) is 2.66. The molecular formula is C18H27F3IN5O2. The fourth-order valence-electron chi connectivity index (χ4n) is 2.78. The van der Waals surface area contributed by atoms with Crippen LogP contribution in [0.4, 0.5) is 13.2 Å². The Kier molecular flexibility index (Phi) is 10.5. The molecule has 0 aromatic carbocycles. The summed E-state index contributed by atoms with van der Waals surface area (Å²) in [4.78, 5) is 21.6. The molecule has 2 heterocycles. The van der Waals surface area contributed by atoms with Gasteiger partial charge in [0, 0.05) is 44.4 Å². The van der Waals surface area contributed by atoms with Crippen LogP contribution in [-0.2, 0) is 11.0 Å². The van der Waals surface area contributed by atoms with Gasteiger partial charge >= 0.3 is 6.18 Å². The van der Waals surface area contributed by atoms with E-state index in [1.165, 1.54) is 6.07 Å². The van der Waals surface area contributed by atoms with Crippen LogP contribution < -0.4 is 15.4 Å². The highest BCUT2D eigenvalue weighted by atomic mass is 127. The number of aliphatic imine (C=N–C) groups is 1. The summed E-state index contributed by atoms with van der Waals surface area (Å²) in [5.74, 6) is 0.872. The fourth-order valence-corrected chi connectivity index (χ4v) is 2.78. The number of carbonyl (C=O) groups is 1. The van der Waals surface area contributed by atoms with Gasteiger partial charge in [0.05, 0.1) is 12.1 Å². The van der Waals surface area contributed by atoms with Crippen molar-refractivity contribution >= 4 is 35.8 Å². The molecule has 0 radical (unpaired) electrons. The number of nitrogens with one attached hydrogen (secondary N) is 2. The van der Waals surface area contributed by atoms with E-state index in [1.54, 1.807) is 0 Å². The number of halogens is 4. The van der Waals surface area contributed by atoms with Crippen molar-refractivity contribution in [1.29, 1.82) is 0 Å². The molecule has 1 aromatic rings. The van der Waals surface area contributed by atoms with Crippen LogP contribution in [0.1, 0.15) is 32.3 Å². The van der Waals surface area contributed by atoms with E-state index in [0.717, 1.165) is 25.2 Å². The van der Waals surface area contributed by atoms with Crippen LogP contribution in [0.3, 0.4) is 0 Å². The Morgan fingerprint density at radius 3 is 2.72 bits per heavy atom. The number of alkyl halides is 3. The molecule has 1 amide bonds. The molecule has 2 rings (SSSR count). The smallest absolute Gasteiger partial charge is 0.417 e. The summed E-state index contributed by atoms with van der Waals surface area (Å²) in [6, 6.07) is 2.25. The molecule has 1 saturated heterocycles. The highest BCUT2D eigenvalue weighted by Gasteiger charge is 2.30. The van der Waals surface area contributed by atoms with Gasteiger partial charge in [0.25, 0.3) is 0 Å². The number of guanidine groups is 1. The van der Waals surface area contributed by atoms with Crippen molar-refractivity contribution in [3.8, 4) is 5.88 Å². The number of likely N-dealkylation sites (tertiary alicyclic amines) is 1. The Morgan fingerprint density at radius 2 is 2.14 bits per heavy atom. The number of carbonyl (C=O) groups excluding carboxylic acids is 1. The molecular weight excluding hydrogens is 502 g/mol. The van der Waals surface area contributed by atoms with Crippen LogP contribution in [0.2, 0.25) is 0 Å². The van der Waals surface area contributed by atoms with Crippen LogP contribution in [0.15, 0.2) is 23.3 Å². The first-order valence-electron chi connectivity index (χ1n) is 9.32. The van der Waals surface area contributed by atoms with Gasteiger partial charge in [-0.15, -0.1) is 24.0 Å². The summed E-state index contributed by atoms with van der Waals surface area (Å²) in [5, 5.41) is 6.43. The lowest BCUT2D eigenvalue weighted by molar-refractivity contribution is -0.137. The number of rotatable bonds is 7. The van der Waals surface area contributed by atoms with Crippen LogP contribution in [-0.4, -0.2) is 60.6 Å². The van der Waals surface area contributed by atoms with Crippen molar-refractivity contribution < 1.29 is 22.7 Å². The van der Waals surface area contributed by atoms with Gasteiger partial charge in [-0.05, 0) is 19.4 Å². The lowest BCUT2D eigenvalue weighted by Crippen LogP contribution is -2.45. The number of pyridine rings is 1. The Hall–Kier alpha value is -1.79. The van der Waals surface area contributed by atoms with Crippen molar-refractivity contribution in [3.63, 3.8) is 0 Å². The number of hydrogen-bond acceptors (Lipinski definition) is 4. The third-order valence-electron chi connectivity index (χ3n) is 4.20. The third-order valence-corrected chi connectivity index (χ3v) is 4.20. The van der Waals surface area contributed by atoms with Gasteiger partial charge in [0.1, 0.15) is 6.61 Å². The molecule has 1 aliphatic rings. The van der Waals surface area contributed by atoms with Crippen molar-refractivity contribution in [2.24, 2.45) is 4.99 Å². The second-order valence-electron chi connectivity index (χ2n) is 6.32. The molecule has 7 nitrogen and oxygen atoms in total. The van der Waals surface area contributed by atoms with Gasteiger partial charge in [-0.2, -0.15) is 13.2 Å². The Labute approximate surface area is 185 Å². The molecule has 164 valence electrons. The van der Waals surface area contributed by atoms with E-state index in [2.05, 4.69) is 20.6 Å². The lowest BCUT2D eigenvalue weighted by atomic mass is 10.3. The minimum Gasteiger partial charge on any atom is -0.476 e. The summed E-state index contributed by atoms with van der Waals surface area (Å²) >= 11 is 0. The highest BCUT2D eigenvalue weighted by molar-refractivity contribution is 14.0. The van der Waals surface area contributed by atoms with Gasteiger partial charge in [0.15, 0.2) is 5.96 Å². The fraction of sp³-hybridized carbons (Fsp3) is 0.611. The number of amides is 1. The largest absolute Gasteiger partial charge is 0.476 e. The molecule has 0 aliphatic carbocycles. The summed E-state index contributed by atoms with van der Waals surface area (Å²) < 4.78 is 42.9. The summed E-state index contributed by atoms with van der Waals surface area (Å²) in [6.07, 6.45) is -2.33. The Morgan fingerprint density at radius 1 is 1.38 bits per heavy atom. The van der Waals surface area contributed by atoms with E-state index in [0.29, 0.717) is 32.0 Å². The molecule has 1 aromatic heterocycles. The minimum absolute atomic E-state index is 0.